The van der Waals surface area contributed by atoms with Crippen molar-refractivity contribution in [2.45, 2.75) is 122 Å². The van der Waals surface area contributed by atoms with Gasteiger partial charge >= 0.3 is 17.9 Å². The molecule has 0 spiro atoms. The minimum absolute atomic E-state index is 0.197. The fourth-order valence-corrected chi connectivity index (χ4v) is 6.70. The SMILES string of the molecule is CC(=O)OC1CCC(CC(C2CCC(OC(C)=O)C(O)C2)C2CCC(OC(C)=O)C(O)C2)CC1O. The van der Waals surface area contributed by atoms with Crippen LogP contribution in [0.25, 0.3) is 0 Å². The van der Waals surface area contributed by atoms with Gasteiger partial charge in [-0.1, -0.05) is 0 Å². The average molecular weight is 499 g/mol. The standard InChI is InChI=1S/C26H42O9/c1-14(27)33-24-7-4-17(11-21(24)30)10-20(18-5-8-25(22(31)12-18)34-15(2)28)19-6-9-26(23(32)13-19)35-16(3)29/h17-26,30-32H,4-13H2,1-3H3. The molecule has 0 bridgehead atoms. The summed E-state index contributed by atoms with van der Waals surface area (Å²) in [7, 11) is 0. The van der Waals surface area contributed by atoms with Crippen molar-refractivity contribution in [2.24, 2.45) is 23.7 Å². The molecule has 9 unspecified atom stereocenters. The number of esters is 3. The van der Waals surface area contributed by atoms with Crippen LogP contribution in [0.3, 0.4) is 0 Å². The number of carbonyl (C=O) groups is 3. The van der Waals surface area contributed by atoms with Crippen molar-refractivity contribution in [3.63, 3.8) is 0 Å². The molecule has 3 aliphatic rings. The molecule has 35 heavy (non-hydrogen) atoms. The van der Waals surface area contributed by atoms with E-state index in [1.165, 1.54) is 20.8 Å². The first-order valence-electron chi connectivity index (χ1n) is 13.1. The van der Waals surface area contributed by atoms with Crippen LogP contribution in [0.2, 0.25) is 0 Å². The normalized spacial score (nSPS) is 38.7. The maximum absolute atomic E-state index is 11.4. The lowest BCUT2D eigenvalue weighted by atomic mass is 9.64. The molecule has 9 nitrogen and oxygen atoms in total. The number of rotatable bonds is 7. The first-order valence-corrected chi connectivity index (χ1v) is 13.1. The van der Waals surface area contributed by atoms with Gasteiger partial charge in [0.2, 0.25) is 0 Å². The smallest absolute Gasteiger partial charge is 0.302 e. The Bertz CT molecular complexity index is 700. The molecule has 0 aromatic heterocycles. The zero-order valence-electron chi connectivity index (χ0n) is 21.1. The summed E-state index contributed by atoms with van der Waals surface area (Å²) in [4.78, 5) is 34.1. The van der Waals surface area contributed by atoms with Crippen molar-refractivity contribution in [2.75, 3.05) is 0 Å². The van der Waals surface area contributed by atoms with Gasteiger partial charge in [-0.2, -0.15) is 0 Å². The second-order valence-electron chi connectivity index (χ2n) is 10.9. The number of aliphatic hydroxyl groups is 3. The molecule has 0 radical (unpaired) electrons. The lowest BCUT2D eigenvalue weighted by Gasteiger charge is -2.45. The van der Waals surface area contributed by atoms with Crippen molar-refractivity contribution in [3.05, 3.63) is 0 Å². The van der Waals surface area contributed by atoms with Gasteiger partial charge in [-0.15, -0.1) is 0 Å². The van der Waals surface area contributed by atoms with Crippen molar-refractivity contribution >= 4 is 17.9 Å². The molecular formula is C26H42O9. The third-order valence-electron chi connectivity index (χ3n) is 8.22. The maximum Gasteiger partial charge on any atom is 0.302 e. The van der Waals surface area contributed by atoms with Gasteiger partial charge < -0.3 is 29.5 Å². The molecule has 3 rings (SSSR count). The minimum Gasteiger partial charge on any atom is -0.460 e. The quantitative estimate of drug-likeness (QED) is 0.356. The van der Waals surface area contributed by atoms with E-state index in [0.717, 1.165) is 25.7 Å². The van der Waals surface area contributed by atoms with Crippen LogP contribution in [0, 0.1) is 23.7 Å². The van der Waals surface area contributed by atoms with E-state index in [1.54, 1.807) is 0 Å². The Labute approximate surface area is 207 Å². The van der Waals surface area contributed by atoms with Gasteiger partial charge in [0.05, 0.1) is 18.3 Å². The highest BCUT2D eigenvalue weighted by Crippen LogP contribution is 2.46. The topological polar surface area (TPSA) is 140 Å². The highest BCUT2D eigenvalue weighted by Gasteiger charge is 2.43. The van der Waals surface area contributed by atoms with Crippen LogP contribution in [0.4, 0.5) is 0 Å². The van der Waals surface area contributed by atoms with E-state index in [-0.39, 0.29) is 29.6 Å². The Kier molecular flexibility index (Phi) is 9.95. The van der Waals surface area contributed by atoms with Gasteiger partial charge in [0, 0.05) is 20.8 Å². The molecule has 9 atom stereocenters. The Morgan fingerprint density at radius 3 is 1.34 bits per heavy atom. The number of hydrogen-bond acceptors (Lipinski definition) is 9. The first kappa shape index (κ1) is 27.9. The molecule has 3 aliphatic carbocycles. The van der Waals surface area contributed by atoms with Crippen LogP contribution in [0.15, 0.2) is 0 Å². The van der Waals surface area contributed by atoms with Crippen molar-refractivity contribution in [1.29, 1.82) is 0 Å². The Balaban J connectivity index is 1.69. The van der Waals surface area contributed by atoms with E-state index < -0.39 is 48.6 Å². The van der Waals surface area contributed by atoms with Gasteiger partial charge in [-0.25, -0.2) is 0 Å². The van der Waals surface area contributed by atoms with Crippen LogP contribution in [-0.2, 0) is 28.6 Å². The number of carbonyl (C=O) groups excluding carboxylic acids is 3. The number of ether oxygens (including phenoxy) is 3. The van der Waals surface area contributed by atoms with Gasteiger partial charge in [0.15, 0.2) is 0 Å². The van der Waals surface area contributed by atoms with Gasteiger partial charge in [-0.3, -0.25) is 14.4 Å². The van der Waals surface area contributed by atoms with E-state index >= 15 is 0 Å². The van der Waals surface area contributed by atoms with Crippen LogP contribution in [0.5, 0.6) is 0 Å². The Hall–Kier alpha value is -1.71. The summed E-state index contributed by atoms with van der Waals surface area (Å²) < 4.78 is 15.9. The predicted octanol–water partition coefficient (Wildman–Crippen LogP) is 2.27. The highest BCUT2D eigenvalue weighted by molar-refractivity contribution is 5.66. The van der Waals surface area contributed by atoms with Crippen LogP contribution in [0.1, 0.15) is 85.0 Å². The monoisotopic (exact) mass is 498 g/mol. The molecule has 200 valence electrons. The van der Waals surface area contributed by atoms with E-state index in [4.69, 9.17) is 14.2 Å². The van der Waals surface area contributed by atoms with Gasteiger partial charge in [0.1, 0.15) is 18.3 Å². The molecule has 0 aromatic rings. The van der Waals surface area contributed by atoms with Crippen LogP contribution >= 0.6 is 0 Å². The summed E-state index contributed by atoms with van der Waals surface area (Å²) in [6, 6.07) is 0. The molecule has 0 heterocycles. The van der Waals surface area contributed by atoms with Crippen molar-refractivity contribution in [1.82, 2.24) is 0 Å². The minimum atomic E-state index is -0.729. The summed E-state index contributed by atoms with van der Waals surface area (Å²) in [5.74, 6) is -0.330. The van der Waals surface area contributed by atoms with Gasteiger partial charge in [-0.05, 0) is 87.9 Å². The van der Waals surface area contributed by atoms with Crippen molar-refractivity contribution in [3.8, 4) is 0 Å². The van der Waals surface area contributed by atoms with E-state index in [2.05, 4.69) is 0 Å². The molecule has 0 aromatic carbocycles. The molecule has 3 N–H and O–H groups in total. The summed E-state index contributed by atoms with van der Waals surface area (Å²) in [5.41, 5.74) is 0. The van der Waals surface area contributed by atoms with Gasteiger partial charge in [0.25, 0.3) is 0 Å². The summed E-state index contributed by atoms with van der Waals surface area (Å²) >= 11 is 0. The molecule has 9 heteroatoms. The predicted molar refractivity (Wildman–Crippen MR) is 125 cm³/mol. The molecule has 0 saturated heterocycles. The fourth-order valence-electron chi connectivity index (χ4n) is 6.70. The lowest BCUT2D eigenvalue weighted by molar-refractivity contribution is -0.160. The molecular weight excluding hydrogens is 456 g/mol. The Morgan fingerprint density at radius 2 is 1.00 bits per heavy atom. The third-order valence-corrected chi connectivity index (χ3v) is 8.22. The molecule has 3 saturated carbocycles. The van der Waals surface area contributed by atoms with E-state index in [1.807, 2.05) is 0 Å². The second kappa shape index (κ2) is 12.5. The maximum atomic E-state index is 11.4. The molecule has 3 fully saturated rings. The van der Waals surface area contributed by atoms with Crippen LogP contribution in [-0.4, -0.2) is 69.9 Å². The summed E-state index contributed by atoms with van der Waals surface area (Å²) in [6.07, 6.45) is 3.08. The largest absolute Gasteiger partial charge is 0.460 e. The zero-order chi connectivity index (χ0) is 25.7. The van der Waals surface area contributed by atoms with E-state index in [0.29, 0.717) is 38.5 Å². The average Bonchev–Trinajstić information content (AvgIpc) is 2.76. The fraction of sp³-hybridized carbons (Fsp3) is 0.885. The molecule has 0 amide bonds. The summed E-state index contributed by atoms with van der Waals surface area (Å²) in [6.45, 7) is 4.05. The van der Waals surface area contributed by atoms with Crippen LogP contribution < -0.4 is 0 Å². The molecule has 0 aliphatic heterocycles. The second-order valence-corrected chi connectivity index (χ2v) is 10.9. The number of aliphatic hydroxyl groups excluding tert-OH is 3. The third kappa shape index (κ3) is 7.89. The van der Waals surface area contributed by atoms with Crippen molar-refractivity contribution < 1.29 is 43.9 Å². The first-order chi connectivity index (χ1) is 16.5. The highest BCUT2D eigenvalue weighted by atomic mass is 16.6. The Morgan fingerprint density at radius 1 is 0.629 bits per heavy atom. The lowest BCUT2D eigenvalue weighted by Crippen LogP contribution is -2.44. The summed E-state index contributed by atoms with van der Waals surface area (Å²) in [5, 5.41) is 32.0. The number of hydrogen-bond donors (Lipinski definition) is 3. The zero-order valence-corrected chi connectivity index (χ0v) is 21.1. The van der Waals surface area contributed by atoms with E-state index in [9.17, 15) is 29.7 Å².